The number of carbonyl (C=O) groups excluding carboxylic acids is 1. The molecule has 1 aliphatic carbocycles. The lowest BCUT2D eigenvalue weighted by Gasteiger charge is -2.45. The molecule has 1 saturated carbocycles. The van der Waals surface area contributed by atoms with E-state index in [1.807, 2.05) is 30.0 Å². The number of nitrogens with zero attached hydrogens (tertiary/aromatic N) is 4. The van der Waals surface area contributed by atoms with Crippen LogP contribution in [0.5, 0.6) is 0 Å². The molecule has 3 heterocycles. The number of halogens is 3. The number of amides is 1. The molecule has 0 N–H and O–H groups in total. The monoisotopic (exact) mass is 508 g/mol. The highest BCUT2D eigenvalue weighted by molar-refractivity contribution is 6.00. The van der Waals surface area contributed by atoms with Crippen molar-refractivity contribution < 1.29 is 18.0 Å². The summed E-state index contributed by atoms with van der Waals surface area (Å²) in [5.41, 5.74) is 2.41. The number of piperidine rings is 1. The van der Waals surface area contributed by atoms with Crippen LogP contribution in [0.2, 0.25) is 0 Å². The quantitative estimate of drug-likeness (QED) is 0.387. The predicted octanol–water partition coefficient (Wildman–Crippen LogP) is 6.66. The average Bonchev–Trinajstić information content (AvgIpc) is 3.35. The molecule has 1 unspecified atom stereocenters. The fourth-order valence-electron chi connectivity index (χ4n) is 6.03. The molecule has 1 aromatic carbocycles. The van der Waals surface area contributed by atoms with Gasteiger partial charge in [-0.05, 0) is 75.1 Å². The molecule has 1 saturated heterocycles. The maximum atomic E-state index is 14.1. The zero-order valence-electron chi connectivity index (χ0n) is 21.0. The molecular formula is C29H31F3N4O. The normalized spacial score (nSPS) is 19.4. The van der Waals surface area contributed by atoms with Crippen LogP contribution < -0.4 is 0 Å². The number of alkyl halides is 3. The Morgan fingerprint density at radius 3 is 2.49 bits per heavy atom. The van der Waals surface area contributed by atoms with Gasteiger partial charge in [0.15, 0.2) is 5.82 Å². The van der Waals surface area contributed by atoms with Crippen LogP contribution >= 0.6 is 0 Å². The summed E-state index contributed by atoms with van der Waals surface area (Å²) in [5.74, 6) is 0.477. The molecule has 194 valence electrons. The maximum absolute atomic E-state index is 14.1. The summed E-state index contributed by atoms with van der Waals surface area (Å²) in [4.78, 5) is 28.9. The first-order chi connectivity index (χ1) is 17.7. The first-order valence-electron chi connectivity index (χ1n) is 13.0. The van der Waals surface area contributed by atoms with Crippen LogP contribution in [0.25, 0.3) is 11.4 Å². The Morgan fingerprint density at radius 1 is 1.05 bits per heavy atom. The number of aryl methyl sites for hydroxylation is 2. The summed E-state index contributed by atoms with van der Waals surface area (Å²) >= 11 is 0. The van der Waals surface area contributed by atoms with E-state index in [1.54, 1.807) is 18.5 Å². The van der Waals surface area contributed by atoms with Crippen LogP contribution in [-0.4, -0.2) is 38.3 Å². The van der Waals surface area contributed by atoms with Crippen LogP contribution in [0, 0.1) is 12.3 Å². The second kappa shape index (κ2) is 10.2. The van der Waals surface area contributed by atoms with E-state index in [0.717, 1.165) is 30.7 Å². The number of likely N-dealkylation sites (tertiary alicyclic amines) is 1. The number of hydrogen-bond donors (Lipinski definition) is 0. The van der Waals surface area contributed by atoms with E-state index >= 15 is 0 Å². The Balaban J connectivity index is 1.41. The third-order valence-corrected chi connectivity index (χ3v) is 8.02. The number of benzene rings is 1. The maximum Gasteiger partial charge on any atom is 0.417 e. The van der Waals surface area contributed by atoms with Gasteiger partial charge in [-0.3, -0.25) is 9.78 Å². The van der Waals surface area contributed by atoms with Gasteiger partial charge < -0.3 is 4.90 Å². The van der Waals surface area contributed by atoms with E-state index in [-0.39, 0.29) is 17.4 Å². The van der Waals surface area contributed by atoms with Crippen LogP contribution in [0.3, 0.4) is 0 Å². The molecule has 1 aliphatic heterocycles. The minimum atomic E-state index is -4.40. The van der Waals surface area contributed by atoms with E-state index in [1.165, 1.54) is 31.7 Å². The van der Waals surface area contributed by atoms with Crippen molar-refractivity contribution in [3.63, 3.8) is 0 Å². The SMILES string of the molecule is Cc1ccc(-c2ncccn2)c(C(=O)N2CCC3(CCCC3)CC2CCc2ccc(C(F)(F)F)cn2)c1. The molecule has 8 heteroatoms. The van der Waals surface area contributed by atoms with Crippen molar-refractivity contribution in [1.29, 1.82) is 0 Å². The Kier molecular flexibility index (Phi) is 7.01. The molecule has 2 aliphatic rings. The van der Waals surface area contributed by atoms with Gasteiger partial charge in [0.2, 0.25) is 0 Å². The van der Waals surface area contributed by atoms with Crippen molar-refractivity contribution >= 4 is 5.91 Å². The molecule has 0 bridgehead atoms. The zero-order valence-corrected chi connectivity index (χ0v) is 21.0. The lowest BCUT2D eigenvalue weighted by molar-refractivity contribution is -0.137. The molecular weight excluding hydrogens is 477 g/mol. The fraction of sp³-hybridized carbons (Fsp3) is 0.448. The summed E-state index contributed by atoms with van der Waals surface area (Å²) in [6, 6.07) is 10.0. The average molecular weight is 509 g/mol. The molecule has 2 fully saturated rings. The molecule has 1 atom stereocenters. The zero-order chi connectivity index (χ0) is 26.0. The topological polar surface area (TPSA) is 59.0 Å². The Morgan fingerprint density at radius 2 is 1.81 bits per heavy atom. The first-order valence-corrected chi connectivity index (χ1v) is 13.0. The van der Waals surface area contributed by atoms with Gasteiger partial charge in [-0.2, -0.15) is 13.2 Å². The van der Waals surface area contributed by atoms with Gasteiger partial charge >= 0.3 is 6.18 Å². The van der Waals surface area contributed by atoms with Crippen molar-refractivity contribution in [2.75, 3.05) is 6.54 Å². The number of pyridine rings is 1. The van der Waals surface area contributed by atoms with Crippen molar-refractivity contribution in [3.05, 3.63) is 77.4 Å². The third-order valence-electron chi connectivity index (χ3n) is 8.02. The van der Waals surface area contributed by atoms with Crippen LogP contribution in [0.4, 0.5) is 13.2 Å². The van der Waals surface area contributed by atoms with Gasteiger partial charge in [-0.25, -0.2) is 9.97 Å². The van der Waals surface area contributed by atoms with Crippen molar-refractivity contribution in [2.45, 2.75) is 70.5 Å². The van der Waals surface area contributed by atoms with E-state index < -0.39 is 11.7 Å². The van der Waals surface area contributed by atoms with E-state index in [9.17, 15) is 18.0 Å². The summed E-state index contributed by atoms with van der Waals surface area (Å²) in [6.07, 6.45) is 7.71. The van der Waals surface area contributed by atoms with Crippen LogP contribution in [0.15, 0.2) is 55.0 Å². The fourth-order valence-corrected chi connectivity index (χ4v) is 6.03. The Labute approximate surface area is 215 Å². The van der Waals surface area contributed by atoms with Gasteiger partial charge in [0, 0.05) is 42.4 Å². The number of hydrogen-bond acceptors (Lipinski definition) is 4. The van der Waals surface area contributed by atoms with Gasteiger partial charge in [-0.15, -0.1) is 0 Å². The highest BCUT2D eigenvalue weighted by Gasteiger charge is 2.43. The summed E-state index contributed by atoms with van der Waals surface area (Å²) in [5, 5.41) is 0. The highest BCUT2D eigenvalue weighted by atomic mass is 19.4. The second-order valence-corrected chi connectivity index (χ2v) is 10.5. The molecule has 2 aromatic heterocycles. The Hall–Kier alpha value is -3.29. The molecule has 3 aromatic rings. The molecule has 5 nitrogen and oxygen atoms in total. The summed E-state index contributed by atoms with van der Waals surface area (Å²) < 4.78 is 38.9. The second-order valence-electron chi connectivity index (χ2n) is 10.5. The summed E-state index contributed by atoms with van der Waals surface area (Å²) in [6.45, 7) is 2.64. The molecule has 0 radical (unpaired) electrons. The van der Waals surface area contributed by atoms with E-state index in [0.29, 0.717) is 42.0 Å². The van der Waals surface area contributed by atoms with Gasteiger partial charge in [0.1, 0.15) is 0 Å². The smallest absolute Gasteiger partial charge is 0.336 e. The number of carbonyl (C=O) groups is 1. The Bertz CT molecular complexity index is 1240. The van der Waals surface area contributed by atoms with Crippen LogP contribution in [0.1, 0.15) is 72.1 Å². The molecule has 1 spiro atoms. The lowest BCUT2D eigenvalue weighted by atomic mass is 9.73. The predicted molar refractivity (Wildman–Crippen MR) is 135 cm³/mol. The number of rotatable bonds is 5. The number of aromatic nitrogens is 3. The van der Waals surface area contributed by atoms with Crippen molar-refractivity contribution in [2.24, 2.45) is 5.41 Å². The van der Waals surface area contributed by atoms with Crippen molar-refractivity contribution in [1.82, 2.24) is 19.9 Å². The van der Waals surface area contributed by atoms with E-state index in [2.05, 4.69) is 15.0 Å². The first kappa shape index (κ1) is 25.4. The minimum Gasteiger partial charge on any atom is -0.336 e. The minimum absolute atomic E-state index is 0.00602. The molecule has 1 amide bonds. The van der Waals surface area contributed by atoms with Gasteiger partial charge in [0.05, 0.1) is 11.1 Å². The van der Waals surface area contributed by atoms with Gasteiger partial charge in [-0.1, -0.05) is 30.5 Å². The van der Waals surface area contributed by atoms with Crippen LogP contribution in [-0.2, 0) is 12.6 Å². The standard InChI is InChI=1S/C29H31F3N4O/c1-20-5-10-24(26-33-14-4-15-34-26)25(17-20)27(37)36-16-13-28(11-2-3-12-28)18-23(36)9-8-22-7-6-21(19-35-22)29(30,31)32/h4-7,10,14-15,17,19,23H,2-3,8-9,11-13,16,18H2,1H3. The molecule has 5 rings (SSSR count). The third kappa shape index (κ3) is 5.53. The highest BCUT2D eigenvalue weighted by Crippen LogP contribution is 2.49. The van der Waals surface area contributed by atoms with E-state index in [4.69, 9.17) is 0 Å². The lowest BCUT2D eigenvalue weighted by Crippen LogP contribution is -2.49. The van der Waals surface area contributed by atoms with Crippen molar-refractivity contribution in [3.8, 4) is 11.4 Å². The largest absolute Gasteiger partial charge is 0.417 e. The van der Waals surface area contributed by atoms with Gasteiger partial charge in [0.25, 0.3) is 5.91 Å². The molecule has 37 heavy (non-hydrogen) atoms. The summed E-state index contributed by atoms with van der Waals surface area (Å²) in [7, 11) is 0.